The predicted octanol–water partition coefficient (Wildman–Crippen LogP) is 4.66. The van der Waals surface area contributed by atoms with Crippen LogP contribution in [-0.4, -0.2) is 19.3 Å². The highest BCUT2D eigenvalue weighted by molar-refractivity contribution is 6.35. The second kappa shape index (κ2) is 9.10. The first-order valence-corrected chi connectivity index (χ1v) is 10.5. The number of halogens is 2. The highest BCUT2D eigenvalue weighted by Crippen LogP contribution is 2.36. The molecule has 2 unspecified atom stereocenters. The predicted molar refractivity (Wildman–Crippen MR) is 123 cm³/mol. The Bertz CT molecular complexity index is 1120. The molecule has 5 nitrogen and oxygen atoms in total. The molecule has 1 aliphatic rings. The van der Waals surface area contributed by atoms with Crippen LogP contribution in [0.1, 0.15) is 28.9 Å². The standard InChI is InChI=1S/C24H22Cl2N2O3/c1-30-16-9-6-14(7-10-16)20-13-21(18-4-3-5-22(31-2)23(18)29)28-24(27-20)17-11-8-15(25)12-19(17)26/h3-13,21,24,27-29H,1-2H3/p+1. The van der Waals surface area contributed by atoms with Crippen molar-refractivity contribution in [3.8, 4) is 17.2 Å². The monoisotopic (exact) mass is 457 g/mol. The van der Waals surface area contributed by atoms with Crippen LogP contribution < -0.4 is 20.1 Å². The molecular formula is C24H23Cl2N2O3+. The molecule has 0 saturated heterocycles. The molecule has 3 aromatic rings. The van der Waals surface area contributed by atoms with E-state index in [0.29, 0.717) is 15.8 Å². The van der Waals surface area contributed by atoms with Gasteiger partial charge in [0, 0.05) is 22.4 Å². The molecule has 0 radical (unpaired) electrons. The van der Waals surface area contributed by atoms with E-state index >= 15 is 0 Å². The lowest BCUT2D eigenvalue weighted by molar-refractivity contribution is -0.731. The molecular weight excluding hydrogens is 435 g/mol. The highest BCUT2D eigenvalue weighted by atomic mass is 35.5. The van der Waals surface area contributed by atoms with Crippen LogP contribution in [0.15, 0.2) is 66.7 Å². The van der Waals surface area contributed by atoms with Crippen molar-refractivity contribution in [2.75, 3.05) is 14.2 Å². The number of quaternary nitrogens is 1. The summed E-state index contributed by atoms with van der Waals surface area (Å²) in [6, 6.07) is 18.6. The van der Waals surface area contributed by atoms with E-state index in [9.17, 15) is 5.11 Å². The van der Waals surface area contributed by atoms with Crippen molar-refractivity contribution in [3.63, 3.8) is 0 Å². The largest absolute Gasteiger partial charge is 0.504 e. The highest BCUT2D eigenvalue weighted by Gasteiger charge is 2.31. The molecule has 0 spiro atoms. The second-order valence-electron chi connectivity index (χ2n) is 7.21. The van der Waals surface area contributed by atoms with Crippen LogP contribution in [0.3, 0.4) is 0 Å². The molecule has 160 valence electrons. The van der Waals surface area contributed by atoms with Gasteiger partial charge in [-0.1, -0.05) is 29.3 Å². The van der Waals surface area contributed by atoms with Gasteiger partial charge in [-0.15, -0.1) is 0 Å². The Balaban J connectivity index is 1.78. The van der Waals surface area contributed by atoms with Crippen molar-refractivity contribution < 1.29 is 19.9 Å². The Morgan fingerprint density at radius 1 is 0.935 bits per heavy atom. The van der Waals surface area contributed by atoms with Crippen LogP contribution in [0.25, 0.3) is 5.70 Å². The summed E-state index contributed by atoms with van der Waals surface area (Å²) in [5.41, 5.74) is 3.57. The molecule has 0 aromatic heterocycles. The van der Waals surface area contributed by atoms with Gasteiger partial charge in [-0.2, -0.15) is 0 Å². The van der Waals surface area contributed by atoms with Crippen LogP contribution in [-0.2, 0) is 0 Å². The van der Waals surface area contributed by atoms with Gasteiger partial charge < -0.3 is 25.2 Å². The molecule has 4 rings (SSSR count). The fourth-order valence-electron chi connectivity index (χ4n) is 3.76. The zero-order valence-electron chi connectivity index (χ0n) is 17.1. The molecule has 31 heavy (non-hydrogen) atoms. The minimum absolute atomic E-state index is 0.124. The Morgan fingerprint density at radius 2 is 1.71 bits per heavy atom. The van der Waals surface area contributed by atoms with Crippen LogP contribution in [0.5, 0.6) is 17.2 Å². The Hall–Kier alpha value is -2.86. The number of methoxy groups -OCH3 is 2. The van der Waals surface area contributed by atoms with Crippen LogP contribution in [0.2, 0.25) is 10.0 Å². The molecule has 0 aliphatic carbocycles. The maximum atomic E-state index is 10.8. The average Bonchev–Trinajstić information content (AvgIpc) is 2.79. The molecule has 0 saturated carbocycles. The normalized spacial score (nSPS) is 18.1. The summed E-state index contributed by atoms with van der Waals surface area (Å²) >= 11 is 12.6. The first-order chi connectivity index (χ1) is 15.0. The number of phenolic OH excluding ortho intramolecular Hbond substituents is 1. The van der Waals surface area contributed by atoms with E-state index in [1.54, 1.807) is 26.4 Å². The maximum absolute atomic E-state index is 10.8. The summed E-state index contributed by atoms with van der Waals surface area (Å²) in [7, 11) is 3.18. The zero-order chi connectivity index (χ0) is 22.0. The average molecular weight is 458 g/mol. The third-order valence-electron chi connectivity index (χ3n) is 5.36. The number of benzene rings is 3. The molecule has 7 heteroatoms. The number of ether oxygens (including phenoxy) is 2. The number of aromatic hydroxyl groups is 1. The van der Waals surface area contributed by atoms with E-state index in [1.165, 1.54) is 0 Å². The number of nitrogens with one attached hydrogen (secondary N) is 1. The minimum Gasteiger partial charge on any atom is -0.504 e. The first kappa shape index (κ1) is 21.4. The lowest BCUT2D eigenvalue weighted by Gasteiger charge is -2.30. The van der Waals surface area contributed by atoms with Gasteiger partial charge in [0.2, 0.25) is 0 Å². The van der Waals surface area contributed by atoms with Crippen molar-refractivity contribution in [2.45, 2.75) is 12.2 Å². The third kappa shape index (κ3) is 4.44. The quantitative estimate of drug-likeness (QED) is 0.520. The summed E-state index contributed by atoms with van der Waals surface area (Å²) < 4.78 is 10.6. The summed E-state index contributed by atoms with van der Waals surface area (Å²) in [5, 5.41) is 17.6. The Labute approximate surface area is 191 Å². The Kier molecular flexibility index (Phi) is 6.28. The molecule has 0 fully saturated rings. The van der Waals surface area contributed by atoms with Crippen molar-refractivity contribution >= 4 is 28.9 Å². The summed E-state index contributed by atoms with van der Waals surface area (Å²) in [6.45, 7) is 0. The van der Waals surface area contributed by atoms with E-state index in [0.717, 1.165) is 28.1 Å². The number of hydrogen-bond donors (Lipinski definition) is 3. The number of nitrogens with two attached hydrogens (primary N) is 1. The van der Waals surface area contributed by atoms with Gasteiger partial charge in [0.15, 0.2) is 17.7 Å². The van der Waals surface area contributed by atoms with E-state index in [2.05, 4.69) is 16.7 Å². The van der Waals surface area contributed by atoms with E-state index in [1.807, 2.05) is 48.5 Å². The van der Waals surface area contributed by atoms with Crippen molar-refractivity contribution in [1.29, 1.82) is 0 Å². The third-order valence-corrected chi connectivity index (χ3v) is 5.93. The lowest BCUT2D eigenvalue weighted by Crippen LogP contribution is -2.89. The number of rotatable bonds is 5. The van der Waals surface area contributed by atoms with Gasteiger partial charge in [0.05, 0.1) is 24.8 Å². The number of para-hydroxylation sites is 1. The molecule has 0 amide bonds. The van der Waals surface area contributed by atoms with Gasteiger partial charge in [-0.05, 0) is 60.2 Å². The van der Waals surface area contributed by atoms with Crippen molar-refractivity contribution in [1.82, 2.24) is 5.32 Å². The van der Waals surface area contributed by atoms with E-state index in [-0.39, 0.29) is 18.0 Å². The van der Waals surface area contributed by atoms with Gasteiger partial charge in [0.1, 0.15) is 11.8 Å². The van der Waals surface area contributed by atoms with Crippen molar-refractivity contribution in [3.05, 3.63) is 93.5 Å². The maximum Gasteiger partial charge on any atom is 0.188 e. The van der Waals surface area contributed by atoms with Crippen LogP contribution in [0.4, 0.5) is 0 Å². The number of phenols is 1. The van der Waals surface area contributed by atoms with Crippen LogP contribution >= 0.6 is 23.2 Å². The fourth-order valence-corrected chi connectivity index (χ4v) is 4.28. The molecule has 2 atom stereocenters. The van der Waals surface area contributed by atoms with E-state index in [4.69, 9.17) is 32.7 Å². The minimum atomic E-state index is -0.192. The second-order valence-corrected chi connectivity index (χ2v) is 8.06. The molecule has 1 heterocycles. The smallest absolute Gasteiger partial charge is 0.188 e. The molecule has 1 aliphatic heterocycles. The lowest BCUT2D eigenvalue weighted by atomic mass is 9.97. The summed E-state index contributed by atoms with van der Waals surface area (Å²) in [5.74, 6) is 1.34. The molecule has 4 N–H and O–H groups in total. The topological polar surface area (TPSA) is 67.3 Å². The fraction of sp³-hybridized carbons (Fsp3) is 0.167. The van der Waals surface area contributed by atoms with Gasteiger partial charge >= 0.3 is 0 Å². The summed E-state index contributed by atoms with van der Waals surface area (Å²) in [6.07, 6.45) is 1.89. The van der Waals surface area contributed by atoms with Gasteiger partial charge in [-0.25, -0.2) is 0 Å². The summed E-state index contributed by atoms with van der Waals surface area (Å²) in [4.78, 5) is 0. The zero-order valence-corrected chi connectivity index (χ0v) is 18.6. The van der Waals surface area contributed by atoms with Gasteiger partial charge in [-0.3, -0.25) is 0 Å². The van der Waals surface area contributed by atoms with E-state index < -0.39 is 0 Å². The SMILES string of the molecule is COc1ccc(C2=CC(c3cccc(OC)c3O)[NH2+]C(c3ccc(Cl)cc3Cl)N2)cc1. The number of hydrogen-bond acceptors (Lipinski definition) is 4. The van der Waals surface area contributed by atoms with Gasteiger partial charge in [0.25, 0.3) is 0 Å². The first-order valence-electron chi connectivity index (χ1n) is 9.78. The van der Waals surface area contributed by atoms with Crippen molar-refractivity contribution in [2.24, 2.45) is 0 Å². The molecule has 3 aromatic carbocycles. The van der Waals surface area contributed by atoms with Crippen LogP contribution in [0, 0.1) is 0 Å². The Morgan fingerprint density at radius 3 is 2.39 bits per heavy atom. The molecule has 0 bridgehead atoms.